The minimum atomic E-state index is -0.143. The second kappa shape index (κ2) is 7.27. The first kappa shape index (κ1) is 17.9. The number of aryl methyl sites for hydroxylation is 2. The molecule has 0 saturated heterocycles. The van der Waals surface area contributed by atoms with E-state index in [1.165, 1.54) is 16.9 Å². The van der Waals surface area contributed by atoms with Crippen molar-refractivity contribution < 1.29 is 4.79 Å². The highest BCUT2D eigenvalue weighted by molar-refractivity contribution is 7.19. The van der Waals surface area contributed by atoms with E-state index < -0.39 is 0 Å². The maximum absolute atomic E-state index is 12.9. The molecule has 1 atom stereocenters. The van der Waals surface area contributed by atoms with Gasteiger partial charge in [0.05, 0.1) is 11.9 Å². The number of amides is 1. The number of benzene rings is 1. The largest absolute Gasteiger partial charge is 0.349 e. The number of carbonyl (C=O) groups excluding carboxylic acids is 1. The third-order valence-electron chi connectivity index (χ3n) is 5.05. The van der Waals surface area contributed by atoms with Gasteiger partial charge in [-0.05, 0) is 45.1 Å². The molecule has 2 heterocycles. The SMILES string of the molecule is Cc1sc2c(=O)n(C3CC3)cnc2c1C(=O)NC(C)CCc1ccccc1. The smallest absolute Gasteiger partial charge is 0.271 e. The van der Waals surface area contributed by atoms with Crippen molar-refractivity contribution in [3.63, 3.8) is 0 Å². The molecule has 0 radical (unpaired) electrons. The van der Waals surface area contributed by atoms with Gasteiger partial charge in [-0.1, -0.05) is 30.3 Å². The van der Waals surface area contributed by atoms with E-state index in [4.69, 9.17) is 0 Å². The van der Waals surface area contributed by atoms with Gasteiger partial charge >= 0.3 is 0 Å². The lowest BCUT2D eigenvalue weighted by Gasteiger charge is -2.14. The molecule has 4 rings (SSSR count). The van der Waals surface area contributed by atoms with Crippen LogP contribution in [0.4, 0.5) is 0 Å². The third-order valence-corrected chi connectivity index (χ3v) is 6.14. The molecular formula is C21H23N3O2S. The zero-order chi connectivity index (χ0) is 19.0. The Morgan fingerprint density at radius 2 is 2.07 bits per heavy atom. The first-order chi connectivity index (χ1) is 13.0. The molecule has 0 aliphatic heterocycles. The molecule has 6 heteroatoms. The highest BCUT2D eigenvalue weighted by atomic mass is 32.1. The third kappa shape index (κ3) is 3.67. The standard InChI is InChI=1S/C21H23N3O2S/c1-13(8-9-15-6-4-3-5-7-15)23-20(25)17-14(2)27-19-18(17)22-12-24(21(19)26)16-10-11-16/h3-7,12-13,16H,8-11H2,1-2H3,(H,23,25). The Hall–Kier alpha value is -2.47. The second-order valence-corrected chi connectivity index (χ2v) is 8.52. The molecule has 27 heavy (non-hydrogen) atoms. The number of thiophene rings is 1. The van der Waals surface area contributed by atoms with Crippen molar-refractivity contribution in [3.8, 4) is 0 Å². The van der Waals surface area contributed by atoms with E-state index in [9.17, 15) is 9.59 Å². The number of carbonyl (C=O) groups is 1. The average molecular weight is 382 g/mol. The van der Waals surface area contributed by atoms with Crippen molar-refractivity contribution in [1.82, 2.24) is 14.9 Å². The summed E-state index contributed by atoms with van der Waals surface area (Å²) in [5.41, 5.74) is 2.32. The molecule has 1 unspecified atom stereocenters. The van der Waals surface area contributed by atoms with E-state index in [2.05, 4.69) is 22.4 Å². The van der Waals surface area contributed by atoms with Crippen LogP contribution < -0.4 is 10.9 Å². The monoisotopic (exact) mass is 381 g/mol. The molecular weight excluding hydrogens is 358 g/mol. The number of nitrogens with zero attached hydrogens (tertiary/aromatic N) is 2. The topological polar surface area (TPSA) is 64.0 Å². The Labute approximate surface area is 162 Å². The van der Waals surface area contributed by atoms with Crippen molar-refractivity contribution in [3.05, 3.63) is 63.0 Å². The van der Waals surface area contributed by atoms with Crippen molar-refractivity contribution in [2.75, 3.05) is 0 Å². The van der Waals surface area contributed by atoms with Gasteiger partial charge in [-0.15, -0.1) is 11.3 Å². The van der Waals surface area contributed by atoms with Gasteiger partial charge in [0.2, 0.25) is 0 Å². The lowest BCUT2D eigenvalue weighted by molar-refractivity contribution is 0.0940. The van der Waals surface area contributed by atoms with Crippen molar-refractivity contribution in [2.24, 2.45) is 0 Å². The van der Waals surface area contributed by atoms with Crippen LogP contribution in [-0.2, 0) is 6.42 Å². The van der Waals surface area contributed by atoms with Crippen LogP contribution in [0, 0.1) is 6.92 Å². The van der Waals surface area contributed by atoms with Crippen LogP contribution in [0.15, 0.2) is 41.5 Å². The predicted octanol–water partition coefficient (Wildman–Crippen LogP) is 3.85. The first-order valence-corrected chi connectivity index (χ1v) is 10.2. The van der Waals surface area contributed by atoms with Crippen molar-refractivity contribution in [1.29, 1.82) is 0 Å². The number of hydrogen-bond donors (Lipinski definition) is 1. The first-order valence-electron chi connectivity index (χ1n) is 9.39. The maximum Gasteiger partial charge on any atom is 0.271 e. The summed E-state index contributed by atoms with van der Waals surface area (Å²) in [5.74, 6) is -0.143. The molecule has 5 nitrogen and oxygen atoms in total. The number of aromatic nitrogens is 2. The summed E-state index contributed by atoms with van der Waals surface area (Å²) in [5, 5.41) is 3.07. The molecule has 1 saturated carbocycles. The summed E-state index contributed by atoms with van der Waals surface area (Å²) in [4.78, 5) is 30.8. The van der Waals surface area contributed by atoms with Crippen LogP contribution in [0.25, 0.3) is 10.2 Å². The molecule has 1 aliphatic rings. The van der Waals surface area contributed by atoms with E-state index in [0.29, 0.717) is 15.8 Å². The van der Waals surface area contributed by atoms with Crippen molar-refractivity contribution in [2.45, 2.75) is 51.6 Å². The molecule has 2 aromatic heterocycles. The van der Waals surface area contributed by atoms with Gasteiger partial charge in [0.15, 0.2) is 0 Å². The molecule has 1 aromatic carbocycles. The zero-order valence-electron chi connectivity index (χ0n) is 15.6. The van der Waals surface area contributed by atoms with Gasteiger partial charge in [0.25, 0.3) is 11.5 Å². The molecule has 0 spiro atoms. The van der Waals surface area contributed by atoms with Crippen LogP contribution in [0.2, 0.25) is 0 Å². The summed E-state index contributed by atoms with van der Waals surface area (Å²) in [6.07, 6.45) is 5.44. The minimum Gasteiger partial charge on any atom is -0.349 e. The van der Waals surface area contributed by atoms with Gasteiger partial charge in [-0.3, -0.25) is 14.2 Å². The van der Waals surface area contributed by atoms with Crippen molar-refractivity contribution >= 4 is 27.5 Å². The van der Waals surface area contributed by atoms with Gasteiger partial charge in [-0.2, -0.15) is 0 Å². The summed E-state index contributed by atoms with van der Waals surface area (Å²) < 4.78 is 2.30. The Balaban J connectivity index is 1.51. The predicted molar refractivity (Wildman–Crippen MR) is 109 cm³/mol. The Kier molecular flexibility index (Phi) is 4.83. The fourth-order valence-corrected chi connectivity index (χ4v) is 4.41. The molecule has 1 fully saturated rings. The number of hydrogen-bond acceptors (Lipinski definition) is 4. The molecule has 0 bridgehead atoms. The maximum atomic E-state index is 12.9. The van der Waals surface area contributed by atoms with Gasteiger partial charge in [0, 0.05) is 17.0 Å². The molecule has 1 aliphatic carbocycles. The summed E-state index contributed by atoms with van der Waals surface area (Å²) in [7, 11) is 0. The number of fused-ring (bicyclic) bond motifs is 1. The fourth-order valence-electron chi connectivity index (χ4n) is 3.37. The summed E-state index contributed by atoms with van der Waals surface area (Å²) in [6.45, 7) is 3.90. The van der Waals surface area contributed by atoms with Crippen LogP contribution >= 0.6 is 11.3 Å². The molecule has 1 amide bonds. The van der Waals surface area contributed by atoms with Crippen LogP contribution in [0.3, 0.4) is 0 Å². The van der Waals surface area contributed by atoms with Gasteiger partial charge < -0.3 is 5.32 Å². The van der Waals surface area contributed by atoms with E-state index in [0.717, 1.165) is 30.6 Å². The highest BCUT2D eigenvalue weighted by Gasteiger charge is 2.27. The van der Waals surface area contributed by atoms with Crippen LogP contribution in [0.5, 0.6) is 0 Å². The van der Waals surface area contributed by atoms with Gasteiger partial charge in [0.1, 0.15) is 10.2 Å². The molecule has 140 valence electrons. The minimum absolute atomic E-state index is 0.0215. The fraction of sp³-hybridized carbons (Fsp3) is 0.381. The van der Waals surface area contributed by atoms with E-state index in [-0.39, 0.29) is 23.6 Å². The lowest BCUT2D eigenvalue weighted by Crippen LogP contribution is -2.33. The van der Waals surface area contributed by atoms with Crippen LogP contribution in [-0.4, -0.2) is 21.5 Å². The van der Waals surface area contributed by atoms with E-state index in [1.807, 2.05) is 32.0 Å². The van der Waals surface area contributed by atoms with Gasteiger partial charge in [-0.25, -0.2) is 4.98 Å². The highest BCUT2D eigenvalue weighted by Crippen LogP contribution is 2.34. The molecule has 3 aromatic rings. The summed E-state index contributed by atoms with van der Waals surface area (Å²) >= 11 is 1.37. The van der Waals surface area contributed by atoms with E-state index in [1.54, 1.807) is 10.9 Å². The number of nitrogens with one attached hydrogen (secondary N) is 1. The second-order valence-electron chi connectivity index (χ2n) is 7.30. The Bertz CT molecular complexity index is 1030. The summed E-state index contributed by atoms with van der Waals surface area (Å²) in [6, 6.07) is 10.6. The average Bonchev–Trinajstić information content (AvgIpc) is 3.43. The number of rotatable bonds is 6. The zero-order valence-corrected chi connectivity index (χ0v) is 16.4. The lowest BCUT2D eigenvalue weighted by atomic mass is 10.1. The van der Waals surface area contributed by atoms with Crippen LogP contribution in [0.1, 0.15) is 53.0 Å². The Morgan fingerprint density at radius 3 is 2.78 bits per heavy atom. The molecule has 1 N–H and O–H groups in total. The Morgan fingerprint density at radius 1 is 1.33 bits per heavy atom. The quantitative estimate of drug-likeness (QED) is 0.705. The van der Waals surface area contributed by atoms with E-state index >= 15 is 0 Å². The normalized spacial score (nSPS) is 15.0.